The van der Waals surface area contributed by atoms with Crippen molar-refractivity contribution in [1.29, 1.82) is 0 Å². The lowest BCUT2D eigenvalue weighted by molar-refractivity contribution is 0.875. The van der Waals surface area contributed by atoms with E-state index in [1.54, 1.807) is 0 Å². The fourth-order valence-electron chi connectivity index (χ4n) is 0.242. The van der Waals surface area contributed by atoms with Gasteiger partial charge in [-0.1, -0.05) is 29.4 Å². The Morgan fingerprint density at radius 1 is 1.62 bits per heavy atom. The minimum Gasteiger partial charge on any atom is -0.265 e. The van der Waals surface area contributed by atoms with Crippen LogP contribution in [-0.4, -0.2) is 6.54 Å². The molecule has 0 aliphatic rings. The number of rotatable bonds is 3. The summed E-state index contributed by atoms with van der Waals surface area (Å²) in [5, 5.41) is 2.83. The van der Waals surface area contributed by atoms with E-state index >= 15 is 0 Å². The Hall–Kier alpha value is 1.19. The van der Waals surface area contributed by atoms with Crippen LogP contribution < -0.4 is 5.09 Å². The smallest absolute Gasteiger partial charge is 0.181 e. The van der Waals surface area contributed by atoms with Crippen molar-refractivity contribution in [2.24, 2.45) is 0 Å². The molecule has 0 saturated carbocycles. The van der Waals surface area contributed by atoms with Gasteiger partial charge in [0.25, 0.3) is 0 Å². The summed E-state index contributed by atoms with van der Waals surface area (Å²) in [5.74, 6) is 0. The van der Waals surface area contributed by atoms with Gasteiger partial charge in [-0.3, -0.25) is 5.09 Å². The van der Waals surface area contributed by atoms with Crippen LogP contribution in [0, 0.1) is 0 Å². The topological polar surface area (TPSA) is 12.0 Å². The second-order valence-electron chi connectivity index (χ2n) is 1.37. The van der Waals surface area contributed by atoms with Crippen LogP contribution in [0.1, 0.15) is 13.3 Å². The first-order valence-electron chi connectivity index (χ1n) is 2.30. The van der Waals surface area contributed by atoms with Crippen LogP contribution in [0.4, 0.5) is 0 Å². The van der Waals surface area contributed by atoms with Crippen molar-refractivity contribution in [2.75, 3.05) is 6.54 Å². The Balaban J connectivity index is 3.26. The van der Waals surface area contributed by atoms with Gasteiger partial charge in [0, 0.05) is 6.54 Å². The average molecular weight is 192 g/mol. The summed E-state index contributed by atoms with van der Waals surface area (Å²) in [6.07, 6.45) is 1.01. The predicted octanol–water partition coefficient (Wildman–Crippen LogP) is 2.69. The van der Waals surface area contributed by atoms with Gasteiger partial charge in [0.05, 0.1) is 0 Å². The maximum absolute atomic E-state index is 5.49. The molecule has 0 bridgehead atoms. The zero-order valence-electron chi connectivity index (χ0n) is 4.53. The second-order valence-corrected chi connectivity index (χ2v) is 9.02. The monoisotopic (exact) mass is 191 g/mol. The van der Waals surface area contributed by atoms with E-state index in [0.29, 0.717) is 0 Å². The van der Waals surface area contributed by atoms with Crippen LogP contribution >= 0.6 is 27.4 Å². The van der Waals surface area contributed by atoms with Gasteiger partial charge in [-0.25, -0.2) is 0 Å². The number of halogens is 2. The van der Waals surface area contributed by atoms with Crippen LogP contribution in [0.2, 0.25) is 0 Å². The van der Waals surface area contributed by atoms with Crippen molar-refractivity contribution in [1.82, 2.24) is 5.09 Å². The van der Waals surface area contributed by atoms with E-state index in [9.17, 15) is 0 Å². The molecule has 0 amide bonds. The summed E-state index contributed by atoms with van der Waals surface area (Å²) in [4.78, 5) is -2.15. The molecule has 0 radical (unpaired) electrons. The SMILES string of the molecule is CCCNP(=S)(Cl)Cl. The van der Waals surface area contributed by atoms with Gasteiger partial charge in [-0.2, -0.15) is 0 Å². The van der Waals surface area contributed by atoms with E-state index in [2.05, 4.69) is 16.9 Å². The van der Waals surface area contributed by atoms with Gasteiger partial charge in [0.2, 0.25) is 0 Å². The predicted molar refractivity (Wildman–Crippen MR) is 44.3 cm³/mol. The van der Waals surface area contributed by atoms with E-state index in [0.717, 1.165) is 13.0 Å². The van der Waals surface area contributed by atoms with Crippen molar-refractivity contribution >= 4 is 39.2 Å². The summed E-state index contributed by atoms with van der Waals surface area (Å²) in [5.41, 5.74) is 0. The molecule has 1 N–H and O–H groups in total. The van der Waals surface area contributed by atoms with Crippen LogP contribution in [0.15, 0.2) is 0 Å². The molecule has 0 aromatic rings. The molecule has 0 saturated heterocycles. The summed E-state index contributed by atoms with van der Waals surface area (Å²) >= 11 is 15.7. The maximum Gasteiger partial charge on any atom is 0.181 e. The van der Waals surface area contributed by atoms with Gasteiger partial charge >= 0.3 is 0 Å². The van der Waals surface area contributed by atoms with Crippen LogP contribution in [0.25, 0.3) is 0 Å². The second kappa shape index (κ2) is 4.08. The molecule has 1 nitrogen and oxygen atoms in total. The standard InChI is InChI=1S/C3H8Cl2NPS/c1-2-3-6-7(4,5)8/h2-3H2,1H3,(H,6,8). The van der Waals surface area contributed by atoms with Gasteiger partial charge in [0.1, 0.15) is 0 Å². The van der Waals surface area contributed by atoms with E-state index in [-0.39, 0.29) is 0 Å². The Labute approximate surface area is 64.4 Å². The minimum absolute atomic E-state index is 0.810. The lowest BCUT2D eigenvalue weighted by atomic mass is 10.5. The molecule has 0 rings (SSSR count). The highest BCUT2D eigenvalue weighted by atomic mass is 35.9. The van der Waals surface area contributed by atoms with Crippen LogP contribution in [-0.2, 0) is 11.8 Å². The van der Waals surface area contributed by atoms with E-state index in [1.807, 2.05) is 6.92 Å². The Bertz CT molecular complexity index is 101. The van der Waals surface area contributed by atoms with Crippen molar-refractivity contribution in [3.05, 3.63) is 0 Å². The van der Waals surface area contributed by atoms with Crippen molar-refractivity contribution in [3.63, 3.8) is 0 Å². The molecule has 0 heterocycles. The third kappa shape index (κ3) is 7.19. The number of hydrogen-bond donors (Lipinski definition) is 1. The summed E-state index contributed by atoms with van der Waals surface area (Å²) in [6, 6.07) is 0. The van der Waals surface area contributed by atoms with Crippen molar-refractivity contribution < 1.29 is 0 Å². The van der Waals surface area contributed by atoms with E-state index in [4.69, 9.17) is 22.5 Å². The van der Waals surface area contributed by atoms with Gasteiger partial charge < -0.3 is 0 Å². The molecule has 0 aromatic heterocycles. The normalized spacial score (nSPS) is 11.9. The van der Waals surface area contributed by atoms with Crippen molar-refractivity contribution in [3.8, 4) is 0 Å². The van der Waals surface area contributed by atoms with Crippen molar-refractivity contribution in [2.45, 2.75) is 13.3 Å². The molecule has 0 aliphatic carbocycles. The molecule has 0 aliphatic heterocycles. The summed E-state index contributed by atoms with van der Waals surface area (Å²) in [6.45, 7) is 2.84. The summed E-state index contributed by atoms with van der Waals surface area (Å²) < 4.78 is 0. The number of nitrogens with one attached hydrogen (secondary N) is 1. The third-order valence-corrected chi connectivity index (χ3v) is 2.24. The summed E-state index contributed by atoms with van der Waals surface area (Å²) in [7, 11) is 0. The molecule has 0 fully saturated rings. The first kappa shape index (κ1) is 9.19. The highest BCUT2D eigenvalue weighted by molar-refractivity contribution is 8.38. The molecule has 0 atom stereocenters. The molecule has 5 heteroatoms. The van der Waals surface area contributed by atoms with Crippen LogP contribution in [0.5, 0.6) is 0 Å². The quantitative estimate of drug-likeness (QED) is 0.690. The van der Waals surface area contributed by atoms with Gasteiger partial charge in [-0.05, 0) is 18.2 Å². The zero-order chi connectivity index (χ0) is 6.62. The molecular formula is C3H8Cl2NPS. The first-order chi connectivity index (χ1) is 3.56. The van der Waals surface area contributed by atoms with E-state index in [1.165, 1.54) is 0 Å². The van der Waals surface area contributed by atoms with Gasteiger partial charge in [-0.15, -0.1) is 0 Å². The third-order valence-electron chi connectivity index (χ3n) is 0.546. The minimum atomic E-state index is -2.15. The molecule has 50 valence electrons. The fraction of sp³-hybridized carbons (Fsp3) is 1.00. The Kier molecular flexibility index (Phi) is 4.68. The zero-order valence-corrected chi connectivity index (χ0v) is 7.75. The number of hydrogen-bond acceptors (Lipinski definition) is 1. The fourth-order valence-corrected chi connectivity index (χ4v) is 1.51. The molecule has 0 unspecified atom stereocenters. The molecule has 0 aromatic carbocycles. The lowest BCUT2D eigenvalue weighted by Crippen LogP contribution is -2.03. The highest BCUT2D eigenvalue weighted by Gasteiger charge is 2.03. The lowest BCUT2D eigenvalue weighted by Gasteiger charge is -2.04. The Morgan fingerprint density at radius 3 is 2.25 bits per heavy atom. The highest BCUT2D eigenvalue weighted by Crippen LogP contribution is 2.52. The average Bonchev–Trinajstić information content (AvgIpc) is 1.59. The van der Waals surface area contributed by atoms with Gasteiger partial charge in [0.15, 0.2) is 4.89 Å². The largest absolute Gasteiger partial charge is 0.265 e. The van der Waals surface area contributed by atoms with Crippen LogP contribution in [0.3, 0.4) is 0 Å². The Morgan fingerprint density at radius 2 is 2.12 bits per heavy atom. The first-order valence-corrected chi connectivity index (χ1v) is 6.92. The molecule has 0 spiro atoms. The molecular weight excluding hydrogens is 184 g/mol. The van der Waals surface area contributed by atoms with E-state index < -0.39 is 4.89 Å². The maximum atomic E-state index is 5.49. The molecule has 8 heavy (non-hydrogen) atoms.